The summed E-state index contributed by atoms with van der Waals surface area (Å²) in [5.41, 5.74) is 2.59. The molecule has 1 aromatic rings. The van der Waals surface area contributed by atoms with Crippen molar-refractivity contribution < 1.29 is 9.50 Å². The summed E-state index contributed by atoms with van der Waals surface area (Å²) in [6.07, 6.45) is 0.0257. The van der Waals surface area contributed by atoms with Crippen LogP contribution in [0.25, 0.3) is 0 Å². The number of hydrogen-bond acceptors (Lipinski definition) is 2. The van der Waals surface area contributed by atoms with Crippen molar-refractivity contribution in [2.75, 3.05) is 5.75 Å². The molecule has 0 spiro atoms. The van der Waals surface area contributed by atoms with Crippen LogP contribution in [0.5, 0.6) is 0 Å². The summed E-state index contributed by atoms with van der Waals surface area (Å²) in [4.78, 5) is 0. The van der Waals surface area contributed by atoms with Gasteiger partial charge in [0.25, 0.3) is 0 Å². The summed E-state index contributed by atoms with van der Waals surface area (Å²) in [7, 11) is 0. The summed E-state index contributed by atoms with van der Waals surface area (Å²) < 4.78 is 13.5. The predicted octanol–water partition coefficient (Wildman–Crippen LogP) is 2.80. The maximum absolute atomic E-state index is 13.5. The zero-order valence-electron chi connectivity index (χ0n) is 8.09. The van der Waals surface area contributed by atoms with Crippen molar-refractivity contribution in [1.29, 1.82) is 0 Å². The summed E-state index contributed by atoms with van der Waals surface area (Å²) in [5.74, 6) is 1.45. The number of hydrogen-bond donors (Lipinski definition) is 1. The lowest BCUT2D eigenvalue weighted by molar-refractivity contribution is 0.170. The molecular formula is C11H13FOS. The molecule has 3 heteroatoms. The number of thioether (sulfide) groups is 1. The van der Waals surface area contributed by atoms with Crippen LogP contribution < -0.4 is 0 Å². The van der Waals surface area contributed by atoms with Gasteiger partial charge in [-0.25, -0.2) is 4.39 Å². The number of halogens is 1. The van der Waals surface area contributed by atoms with E-state index in [4.69, 9.17) is 0 Å². The molecule has 2 rings (SSSR count). The Balaban J connectivity index is 2.57. The van der Waals surface area contributed by atoms with Gasteiger partial charge >= 0.3 is 0 Å². The van der Waals surface area contributed by atoms with E-state index >= 15 is 0 Å². The van der Waals surface area contributed by atoms with Crippen LogP contribution in [0.1, 0.15) is 29.2 Å². The third-order valence-corrected chi connectivity index (χ3v) is 3.67. The van der Waals surface area contributed by atoms with Crippen LogP contribution >= 0.6 is 11.8 Å². The minimum atomic E-state index is -0.625. The second-order valence-electron chi connectivity index (χ2n) is 3.61. The lowest BCUT2D eigenvalue weighted by Crippen LogP contribution is -2.04. The number of benzene rings is 1. The monoisotopic (exact) mass is 212 g/mol. The molecule has 0 saturated heterocycles. The van der Waals surface area contributed by atoms with E-state index in [0.717, 1.165) is 22.6 Å². The third kappa shape index (κ3) is 1.66. The summed E-state index contributed by atoms with van der Waals surface area (Å²) >= 11 is 1.76. The fraction of sp³-hybridized carbons (Fsp3) is 0.455. The summed E-state index contributed by atoms with van der Waals surface area (Å²) in [6.45, 7) is 1.97. The lowest BCUT2D eigenvalue weighted by Gasteiger charge is -2.14. The Morgan fingerprint density at radius 3 is 3.07 bits per heavy atom. The molecule has 1 aliphatic rings. The minimum absolute atomic E-state index is 0.263. The van der Waals surface area contributed by atoms with Gasteiger partial charge in [-0.2, -0.15) is 11.8 Å². The highest BCUT2D eigenvalue weighted by Crippen LogP contribution is 2.33. The molecule has 0 fully saturated rings. The Morgan fingerprint density at radius 2 is 2.29 bits per heavy atom. The largest absolute Gasteiger partial charge is 0.388 e. The number of aliphatic hydroxyl groups excluding tert-OH is 1. The molecule has 0 amide bonds. The lowest BCUT2D eigenvalue weighted by atomic mass is 9.97. The highest BCUT2D eigenvalue weighted by Gasteiger charge is 2.21. The van der Waals surface area contributed by atoms with Crippen molar-refractivity contribution in [3.8, 4) is 0 Å². The SMILES string of the molecule is Cc1ccc(F)c2c1CSCC[C@@H]2O. The average Bonchev–Trinajstić information content (AvgIpc) is 2.35. The summed E-state index contributed by atoms with van der Waals surface area (Å²) in [6, 6.07) is 3.24. The molecule has 0 radical (unpaired) electrons. The topological polar surface area (TPSA) is 20.2 Å². The van der Waals surface area contributed by atoms with Gasteiger partial charge in [-0.1, -0.05) is 6.07 Å². The van der Waals surface area contributed by atoms with E-state index in [9.17, 15) is 9.50 Å². The van der Waals surface area contributed by atoms with E-state index < -0.39 is 6.10 Å². The molecule has 76 valence electrons. The van der Waals surface area contributed by atoms with Gasteiger partial charge in [0.15, 0.2) is 0 Å². The van der Waals surface area contributed by atoms with E-state index in [-0.39, 0.29) is 5.82 Å². The molecule has 1 nitrogen and oxygen atoms in total. The highest BCUT2D eigenvalue weighted by molar-refractivity contribution is 7.98. The molecule has 0 aliphatic carbocycles. The van der Waals surface area contributed by atoms with Crippen LogP contribution in [-0.2, 0) is 5.75 Å². The smallest absolute Gasteiger partial charge is 0.129 e. The van der Waals surface area contributed by atoms with Gasteiger partial charge in [0.2, 0.25) is 0 Å². The maximum atomic E-state index is 13.5. The van der Waals surface area contributed by atoms with Gasteiger partial charge in [0.05, 0.1) is 6.10 Å². The first kappa shape index (κ1) is 9.99. The van der Waals surface area contributed by atoms with Gasteiger partial charge < -0.3 is 5.11 Å². The van der Waals surface area contributed by atoms with E-state index in [1.54, 1.807) is 17.8 Å². The van der Waals surface area contributed by atoms with Crippen LogP contribution in [0.4, 0.5) is 4.39 Å². The predicted molar refractivity (Wildman–Crippen MR) is 56.9 cm³/mol. The normalized spacial score (nSPS) is 21.5. The molecule has 14 heavy (non-hydrogen) atoms. The van der Waals surface area contributed by atoms with Gasteiger partial charge in [-0.15, -0.1) is 0 Å². The molecular weight excluding hydrogens is 199 g/mol. The molecule has 1 aromatic carbocycles. The minimum Gasteiger partial charge on any atom is -0.388 e. The first-order valence-electron chi connectivity index (χ1n) is 4.74. The zero-order valence-corrected chi connectivity index (χ0v) is 8.90. The Hall–Kier alpha value is -0.540. The summed E-state index contributed by atoms with van der Waals surface area (Å²) in [5, 5.41) is 9.79. The van der Waals surface area contributed by atoms with Gasteiger partial charge in [-0.3, -0.25) is 0 Å². The van der Waals surface area contributed by atoms with Crippen LogP contribution in [0.2, 0.25) is 0 Å². The molecule has 1 atom stereocenters. The van der Waals surface area contributed by atoms with Crippen LogP contribution in [0.15, 0.2) is 12.1 Å². The molecule has 0 bridgehead atoms. The number of aliphatic hydroxyl groups is 1. The second kappa shape index (κ2) is 3.91. The Kier molecular flexibility index (Phi) is 2.79. The van der Waals surface area contributed by atoms with E-state index in [1.807, 2.05) is 6.92 Å². The van der Waals surface area contributed by atoms with Crippen molar-refractivity contribution in [2.24, 2.45) is 0 Å². The Morgan fingerprint density at radius 1 is 1.50 bits per heavy atom. The maximum Gasteiger partial charge on any atom is 0.129 e. The Bertz CT molecular complexity index is 351. The Labute approximate surface area is 87.3 Å². The standard InChI is InChI=1S/C11H13FOS/c1-7-2-3-9(12)11-8(7)6-14-5-4-10(11)13/h2-3,10,13H,4-6H2,1H3/t10-/m0/s1. The quantitative estimate of drug-likeness (QED) is 0.713. The fourth-order valence-corrected chi connectivity index (χ4v) is 2.93. The molecule has 1 N–H and O–H groups in total. The zero-order chi connectivity index (χ0) is 10.1. The molecule has 1 aliphatic heterocycles. The molecule has 0 saturated carbocycles. The van der Waals surface area contributed by atoms with Gasteiger partial charge in [0.1, 0.15) is 5.82 Å². The van der Waals surface area contributed by atoms with E-state index in [2.05, 4.69) is 0 Å². The number of rotatable bonds is 0. The first-order chi connectivity index (χ1) is 6.70. The number of fused-ring (bicyclic) bond motifs is 1. The second-order valence-corrected chi connectivity index (χ2v) is 4.72. The van der Waals surface area contributed by atoms with Crippen molar-refractivity contribution >= 4 is 11.8 Å². The van der Waals surface area contributed by atoms with E-state index in [1.165, 1.54) is 6.07 Å². The van der Waals surface area contributed by atoms with Crippen LogP contribution in [-0.4, -0.2) is 10.9 Å². The van der Waals surface area contributed by atoms with Gasteiger partial charge in [0, 0.05) is 11.3 Å². The van der Waals surface area contributed by atoms with Gasteiger partial charge in [-0.05, 0) is 36.3 Å². The van der Waals surface area contributed by atoms with Crippen molar-refractivity contribution in [2.45, 2.75) is 25.2 Å². The van der Waals surface area contributed by atoms with Crippen LogP contribution in [0, 0.1) is 12.7 Å². The third-order valence-electron chi connectivity index (χ3n) is 2.65. The average molecular weight is 212 g/mol. The first-order valence-corrected chi connectivity index (χ1v) is 5.89. The van der Waals surface area contributed by atoms with Crippen molar-refractivity contribution in [3.05, 3.63) is 34.6 Å². The highest BCUT2D eigenvalue weighted by atomic mass is 32.2. The number of aryl methyl sites for hydroxylation is 1. The van der Waals surface area contributed by atoms with Crippen molar-refractivity contribution in [1.82, 2.24) is 0 Å². The van der Waals surface area contributed by atoms with Crippen LogP contribution in [0.3, 0.4) is 0 Å². The fourth-order valence-electron chi connectivity index (χ4n) is 1.81. The molecule has 0 unspecified atom stereocenters. The van der Waals surface area contributed by atoms with Crippen molar-refractivity contribution in [3.63, 3.8) is 0 Å². The molecule has 0 aromatic heterocycles. The van der Waals surface area contributed by atoms with E-state index in [0.29, 0.717) is 12.0 Å². The molecule has 1 heterocycles.